The van der Waals surface area contributed by atoms with Crippen LogP contribution in [0.5, 0.6) is 5.75 Å². The molecule has 0 bridgehead atoms. The van der Waals surface area contributed by atoms with Gasteiger partial charge in [0.05, 0.1) is 21.2 Å². The van der Waals surface area contributed by atoms with Crippen molar-refractivity contribution in [3.8, 4) is 5.75 Å². The molecule has 2 aromatic carbocycles. The summed E-state index contributed by atoms with van der Waals surface area (Å²) in [6.45, 7) is -0.253. The number of benzene rings is 2. The van der Waals surface area contributed by atoms with Gasteiger partial charge in [0, 0.05) is 6.07 Å². The number of fused-ring (bicyclic) bond motifs is 1. The number of hydrogen-bond donors (Lipinski definition) is 1. The standard InChI is InChI=1S/C15H11N3O4S/c19-14(9-22-11-5-3-4-10(8-11)18(20)21)17-15-16-12-6-1-2-7-13(12)23-15/h1-8H,9H2,(H,16,17,19). The summed E-state index contributed by atoms with van der Waals surface area (Å²) in [6, 6.07) is 13.2. The number of thiazole rings is 1. The number of nitro benzene ring substituents is 1. The highest BCUT2D eigenvalue weighted by Gasteiger charge is 2.10. The van der Waals surface area contributed by atoms with E-state index in [1.807, 2.05) is 24.3 Å². The molecule has 3 rings (SSSR count). The summed E-state index contributed by atoms with van der Waals surface area (Å²) in [5.41, 5.74) is 0.724. The van der Waals surface area contributed by atoms with Gasteiger partial charge in [-0.15, -0.1) is 0 Å². The van der Waals surface area contributed by atoms with Crippen molar-refractivity contribution in [1.29, 1.82) is 0 Å². The first-order valence-electron chi connectivity index (χ1n) is 6.64. The lowest BCUT2D eigenvalue weighted by molar-refractivity contribution is -0.384. The zero-order valence-corrected chi connectivity index (χ0v) is 12.6. The second kappa shape index (κ2) is 6.41. The lowest BCUT2D eigenvalue weighted by atomic mass is 10.3. The number of anilines is 1. The Morgan fingerprint density at radius 1 is 1.26 bits per heavy atom. The number of carbonyl (C=O) groups is 1. The molecule has 0 saturated heterocycles. The van der Waals surface area contributed by atoms with E-state index in [4.69, 9.17) is 4.74 Å². The maximum Gasteiger partial charge on any atom is 0.273 e. The van der Waals surface area contributed by atoms with E-state index in [1.165, 1.54) is 29.5 Å². The number of nitrogens with zero attached hydrogens (tertiary/aromatic N) is 2. The van der Waals surface area contributed by atoms with Crippen LogP contribution < -0.4 is 10.1 Å². The van der Waals surface area contributed by atoms with Crippen LogP contribution in [-0.2, 0) is 4.79 Å². The third kappa shape index (κ3) is 3.61. The molecule has 0 aliphatic heterocycles. The summed E-state index contributed by atoms with van der Waals surface area (Å²) >= 11 is 1.37. The van der Waals surface area contributed by atoms with Gasteiger partial charge in [-0.1, -0.05) is 29.5 Å². The van der Waals surface area contributed by atoms with Crippen molar-refractivity contribution in [3.63, 3.8) is 0 Å². The Morgan fingerprint density at radius 2 is 2.09 bits per heavy atom. The molecule has 0 aliphatic carbocycles. The number of aromatic nitrogens is 1. The van der Waals surface area contributed by atoms with Crippen molar-refractivity contribution in [2.24, 2.45) is 0 Å². The van der Waals surface area contributed by atoms with Gasteiger partial charge >= 0.3 is 0 Å². The number of amides is 1. The van der Waals surface area contributed by atoms with E-state index in [1.54, 1.807) is 6.07 Å². The molecule has 1 N–H and O–H groups in total. The zero-order chi connectivity index (χ0) is 16.2. The van der Waals surface area contributed by atoms with Gasteiger partial charge in [0.25, 0.3) is 11.6 Å². The van der Waals surface area contributed by atoms with Gasteiger partial charge in [0.2, 0.25) is 0 Å². The molecule has 7 nitrogen and oxygen atoms in total. The van der Waals surface area contributed by atoms with Crippen LogP contribution in [0.4, 0.5) is 10.8 Å². The number of hydrogen-bond acceptors (Lipinski definition) is 6. The maximum absolute atomic E-state index is 11.9. The molecule has 1 heterocycles. The second-order valence-corrected chi connectivity index (χ2v) is 5.61. The second-order valence-electron chi connectivity index (χ2n) is 4.58. The largest absolute Gasteiger partial charge is 0.484 e. The number of para-hydroxylation sites is 1. The molecule has 116 valence electrons. The van der Waals surface area contributed by atoms with Gasteiger partial charge in [-0.3, -0.25) is 20.2 Å². The molecule has 0 saturated carbocycles. The van der Waals surface area contributed by atoms with Crippen molar-refractivity contribution < 1.29 is 14.5 Å². The van der Waals surface area contributed by atoms with Crippen LogP contribution in [0, 0.1) is 10.1 Å². The van der Waals surface area contributed by atoms with Crippen LogP contribution in [0.1, 0.15) is 0 Å². The summed E-state index contributed by atoms with van der Waals surface area (Å²) < 4.78 is 6.24. The van der Waals surface area contributed by atoms with Crippen LogP contribution in [0.3, 0.4) is 0 Å². The van der Waals surface area contributed by atoms with Gasteiger partial charge < -0.3 is 4.74 Å². The van der Waals surface area contributed by atoms with Gasteiger partial charge in [-0.25, -0.2) is 4.98 Å². The first-order valence-corrected chi connectivity index (χ1v) is 7.46. The number of nitro groups is 1. The molecule has 8 heteroatoms. The zero-order valence-electron chi connectivity index (χ0n) is 11.8. The number of non-ortho nitro benzene ring substituents is 1. The quantitative estimate of drug-likeness (QED) is 0.573. The third-order valence-corrected chi connectivity index (χ3v) is 3.89. The highest BCUT2D eigenvalue weighted by atomic mass is 32.1. The molecule has 0 fully saturated rings. The van der Waals surface area contributed by atoms with Gasteiger partial charge in [-0.05, 0) is 18.2 Å². The lowest BCUT2D eigenvalue weighted by Gasteiger charge is -2.05. The summed E-state index contributed by atoms with van der Waals surface area (Å²) in [6.07, 6.45) is 0. The van der Waals surface area contributed by atoms with Gasteiger partial charge in [0.15, 0.2) is 11.7 Å². The Morgan fingerprint density at radius 3 is 2.87 bits per heavy atom. The van der Waals surface area contributed by atoms with E-state index in [0.29, 0.717) is 5.13 Å². The van der Waals surface area contributed by atoms with E-state index in [0.717, 1.165) is 10.2 Å². The molecule has 0 aliphatic rings. The Bertz CT molecular complexity index is 845. The molecule has 1 aromatic heterocycles. The average Bonchev–Trinajstić information content (AvgIpc) is 2.95. The van der Waals surface area contributed by atoms with Crippen molar-refractivity contribution >= 4 is 38.3 Å². The van der Waals surface area contributed by atoms with Gasteiger partial charge in [0.1, 0.15) is 5.75 Å². The molecule has 0 spiro atoms. The van der Waals surface area contributed by atoms with Crippen molar-refractivity contribution in [1.82, 2.24) is 4.98 Å². The fourth-order valence-corrected chi connectivity index (χ4v) is 2.80. The number of nitrogens with one attached hydrogen (secondary N) is 1. The van der Waals surface area contributed by atoms with E-state index < -0.39 is 4.92 Å². The number of rotatable bonds is 5. The molecule has 0 unspecified atom stereocenters. The topological polar surface area (TPSA) is 94.4 Å². The molecule has 3 aromatic rings. The number of ether oxygens (including phenoxy) is 1. The molecule has 0 radical (unpaired) electrons. The Hall–Kier alpha value is -3.00. The fraction of sp³-hybridized carbons (Fsp3) is 0.0667. The van der Waals surface area contributed by atoms with Crippen LogP contribution in [-0.4, -0.2) is 22.4 Å². The maximum atomic E-state index is 11.9. The predicted molar refractivity (Wildman–Crippen MR) is 86.8 cm³/mol. The first kappa shape index (κ1) is 14.9. The summed E-state index contributed by atoms with van der Waals surface area (Å²) in [4.78, 5) is 26.3. The van der Waals surface area contributed by atoms with E-state index in [-0.39, 0.29) is 24.0 Å². The Labute approximate surface area is 134 Å². The Balaban J connectivity index is 1.61. The smallest absolute Gasteiger partial charge is 0.273 e. The first-order chi connectivity index (χ1) is 11.1. The molecular formula is C15H11N3O4S. The molecule has 0 atom stereocenters. The SMILES string of the molecule is O=C(COc1cccc([N+](=O)[O-])c1)Nc1nc2ccccc2s1. The van der Waals surface area contributed by atoms with Crippen LogP contribution >= 0.6 is 11.3 Å². The summed E-state index contributed by atoms with van der Waals surface area (Å²) in [5, 5.41) is 13.8. The van der Waals surface area contributed by atoms with Crippen LogP contribution in [0.2, 0.25) is 0 Å². The Kier molecular flexibility index (Phi) is 4.15. The minimum Gasteiger partial charge on any atom is -0.484 e. The molecule has 1 amide bonds. The fourth-order valence-electron chi connectivity index (χ4n) is 1.92. The van der Waals surface area contributed by atoms with Crippen molar-refractivity contribution in [2.45, 2.75) is 0 Å². The van der Waals surface area contributed by atoms with Crippen LogP contribution in [0.25, 0.3) is 10.2 Å². The highest BCUT2D eigenvalue weighted by Crippen LogP contribution is 2.25. The van der Waals surface area contributed by atoms with Crippen molar-refractivity contribution in [2.75, 3.05) is 11.9 Å². The number of carbonyl (C=O) groups excluding carboxylic acids is 1. The van der Waals surface area contributed by atoms with E-state index >= 15 is 0 Å². The predicted octanol–water partition coefficient (Wildman–Crippen LogP) is 3.22. The normalized spacial score (nSPS) is 10.4. The van der Waals surface area contributed by atoms with Crippen molar-refractivity contribution in [3.05, 3.63) is 58.6 Å². The van der Waals surface area contributed by atoms with Crippen LogP contribution in [0.15, 0.2) is 48.5 Å². The average molecular weight is 329 g/mol. The third-order valence-electron chi connectivity index (χ3n) is 2.94. The lowest BCUT2D eigenvalue weighted by Crippen LogP contribution is -2.20. The monoisotopic (exact) mass is 329 g/mol. The summed E-state index contributed by atoms with van der Waals surface area (Å²) in [7, 11) is 0. The van der Waals surface area contributed by atoms with E-state index in [9.17, 15) is 14.9 Å². The molecule has 23 heavy (non-hydrogen) atoms. The van der Waals surface area contributed by atoms with Gasteiger partial charge in [-0.2, -0.15) is 0 Å². The minimum atomic E-state index is -0.520. The highest BCUT2D eigenvalue weighted by molar-refractivity contribution is 7.22. The minimum absolute atomic E-state index is 0.0888. The summed E-state index contributed by atoms with van der Waals surface area (Å²) in [5.74, 6) is -0.116. The van der Waals surface area contributed by atoms with E-state index in [2.05, 4.69) is 10.3 Å². The molecular weight excluding hydrogens is 318 g/mol.